The molecule has 1 N–H and O–H groups in total. The summed E-state index contributed by atoms with van der Waals surface area (Å²) in [6.07, 6.45) is 5.46. The summed E-state index contributed by atoms with van der Waals surface area (Å²) in [5.74, 6) is -0.362. The molecule has 4 heterocycles. The number of aromatic nitrogens is 1. The molecule has 0 aliphatic carbocycles. The number of amides is 2. The molecular weight excluding hydrogens is 516 g/mol. The van der Waals surface area contributed by atoms with Crippen molar-refractivity contribution in [2.75, 3.05) is 38.8 Å². The van der Waals surface area contributed by atoms with Gasteiger partial charge in [-0.25, -0.2) is 9.99 Å². The first kappa shape index (κ1) is 25.8. The molecule has 2 amide bonds. The third-order valence-corrected chi connectivity index (χ3v) is 11.9. The zero-order valence-corrected chi connectivity index (χ0v) is 22.5. The van der Waals surface area contributed by atoms with Crippen LogP contribution in [0.1, 0.15) is 28.9 Å². The van der Waals surface area contributed by atoms with Gasteiger partial charge in [0.15, 0.2) is 0 Å². The number of pyridine rings is 1. The fourth-order valence-electron chi connectivity index (χ4n) is 4.52. The van der Waals surface area contributed by atoms with E-state index in [1.54, 1.807) is 48.3 Å². The summed E-state index contributed by atoms with van der Waals surface area (Å²) in [4.78, 5) is 31.5. The maximum absolute atomic E-state index is 15.5. The predicted molar refractivity (Wildman–Crippen MR) is 143 cm³/mol. The monoisotopic (exact) mass is 545 g/mol. The summed E-state index contributed by atoms with van der Waals surface area (Å²) in [6, 6.07) is 12.0. The summed E-state index contributed by atoms with van der Waals surface area (Å²) in [7, 11) is 1.67. The van der Waals surface area contributed by atoms with Crippen molar-refractivity contribution < 1.29 is 18.5 Å². The largest absolute Gasteiger partial charge is 0.349 e. The fourth-order valence-corrected chi connectivity index (χ4v) is 9.39. The van der Waals surface area contributed by atoms with Gasteiger partial charge in [-0.05, 0) is 65.5 Å². The second kappa shape index (κ2) is 10.1. The number of nitrogens with one attached hydrogen (secondary N) is 1. The van der Waals surface area contributed by atoms with E-state index in [4.69, 9.17) is 0 Å². The van der Waals surface area contributed by atoms with Gasteiger partial charge in [0.25, 0.3) is 5.91 Å². The number of hydrazine groups is 1. The Morgan fingerprint density at radius 2 is 1.81 bits per heavy atom. The first-order chi connectivity index (χ1) is 17.7. The lowest BCUT2D eigenvalue weighted by Gasteiger charge is -2.39. The molecule has 7 nitrogen and oxygen atoms in total. The van der Waals surface area contributed by atoms with Gasteiger partial charge in [-0.15, -0.1) is 15.8 Å². The fraction of sp³-hybridized carbons (Fsp3) is 0.346. The van der Waals surface area contributed by atoms with E-state index < -0.39 is 16.2 Å². The van der Waals surface area contributed by atoms with Gasteiger partial charge in [-0.1, -0.05) is 22.3 Å². The molecule has 0 saturated carbocycles. The molecule has 1 unspecified atom stereocenters. The third-order valence-electron chi connectivity index (χ3n) is 6.92. The number of carbonyl (C=O) groups is 2. The highest BCUT2D eigenvalue weighted by atomic mass is 32.3. The number of nitrogens with zero attached hydrogens (tertiary/aromatic N) is 4. The van der Waals surface area contributed by atoms with Gasteiger partial charge in [-0.3, -0.25) is 9.59 Å². The second-order valence-corrected chi connectivity index (χ2v) is 13.9. The molecule has 5 rings (SSSR count). The van der Waals surface area contributed by atoms with Crippen molar-refractivity contribution in [3.8, 4) is 11.1 Å². The zero-order chi connectivity index (χ0) is 26.3. The zero-order valence-electron chi connectivity index (χ0n) is 20.9. The highest BCUT2D eigenvalue weighted by molar-refractivity contribution is 8.37. The SMILES string of the molecule is CN(C)C(=O)CC1CCN(N(F)S2(C)c3cc(C(=O)Nc4ccc(-c5ccc(F)nc5)cc4)sc32)CC1. The quantitative estimate of drug-likeness (QED) is 0.239. The van der Waals surface area contributed by atoms with Crippen LogP contribution in [0.3, 0.4) is 0 Å². The van der Waals surface area contributed by atoms with Gasteiger partial charge in [-0.2, -0.15) is 4.39 Å². The minimum Gasteiger partial charge on any atom is -0.349 e. The topological polar surface area (TPSA) is 68.8 Å². The summed E-state index contributed by atoms with van der Waals surface area (Å²) in [6.45, 7) is 1.16. The Hall–Kier alpha value is -2.86. The summed E-state index contributed by atoms with van der Waals surface area (Å²) >= 11 is 1.34. The first-order valence-corrected chi connectivity index (χ1v) is 14.8. The second-order valence-electron chi connectivity index (χ2n) is 9.65. The van der Waals surface area contributed by atoms with Crippen molar-refractivity contribution in [1.82, 2.24) is 19.5 Å². The van der Waals surface area contributed by atoms with E-state index in [9.17, 15) is 14.0 Å². The summed E-state index contributed by atoms with van der Waals surface area (Å²) in [5.41, 5.74) is 2.28. The van der Waals surface area contributed by atoms with Crippen LogP contribution < -0.4 is 5.32 Å². The molecule has 1 saturated heterocycles. The molecule has 0 bridgehead atoms. The van der Waals surface area contributed by atoms with E-state index in [1.165, 1.54) is 23.6 Å². The Bertz CT molecular complexity index is 1280. The van der Waals surface area contributed by atoms with Crippen LogP contribution in [0.5, 0.6) is 0 Å². The van der Waals surface area contributed by atoms with E-state index in [1.807, 2.05) is 18.4 Å². The van der Waals surface area contributed by atoms with E-state index in [-0.39, 0.29) is 17.7 Å². The van der Waals surface area contributed by atoms with Gasteiger partial charge in [0.1, 0.15) is 0 Å². The molecule has 196 valence electrons. The number of anilines is 1. The highest BCUT2D eigenvalue weighted by Gasteiger charge is 2.53. The number of piperidine rings is 1. The van der Waals surface area contributed by atoms with Gasteiger partial charge in [0, 0.05) is 55.9 Å². The Labute approximate surface area is 220 Å². The van der Waals surface area contributed by atoms with E-state index in [2.05, 4.69) is 10.3 Å². The molecule has 1 atom stereocenters. The average molecular weight is 546 g/mol. The van der Waals surface area contributed by atoms with E-state index in [0.29, 0.717) is 30.1 Å². The van der Waals surface area contributed by atoms with Crippen LogP contribution in [-0.4, -0.2) is 64.8 Å². The van der Waals surface area contributed by atoms with Gasteiger partial charge >= 0.3 is 0 Å². The number of hydrogen-bond donors (Lipinski definition) is 1. The van der Waals surface area contributed by atoms with E-state index in [0.717, 1.165) is 37.7 Å². The summed E-state index contributed by atoms with van der Waals surface area (Å²) in [5, 5.41) is 4.64. The number of halogens is 2. The number of rotatable bonds is 7. The minimum absolute atomic E-state index is 0.115. The average Bonchev–Trinajstić information content (AvgIpc) is 3.22. The van der Waals surface area contributed by atoms with Crippen molar-refractivity contribution in [2.24, 2.45) is 5.92 Å². The lowest BCUT2D eigenvalue weighted by atomic mass is 9.94. The molecule has 1 fully saturated rings. The van der Waals surface area contributed by atoms with Crippen LogP contribution in [0.4, 0.5) is 14.6 Å². The van der Waals surface area contributed by atoms with Gasteiger partial charge in [0.05, 0.1) is 9.09 Å². The van der Waals surface area contributed by atoms with Crippen LogP contribution in [0.15, 0.2) is 57.8 Å². The smallest absolute Gasteiger partial charge is 0.265 e. The number of benzene rings is 1. The molecule has 2 aliphatic heterocycles. The normalized spacial score (nSPS) is 21.2. The molecule has 3 aromatic rings. The maximum atomic E-state index is 15.5. The first-order valence-electron chi connectivity index (χ1n) is 12.0. The van der Waals surface area contributed by atoms with Crippen LogP contribution in [0.2, 0.25) is 0 Å². The Kier molecular flexibility index (Phi) is 7.06. The van der Waals surface area contributed by atoms with Crippen LogP contribution in [-0.2, 0) is 4.79 Å². The molecule has 0 spiro atoms. The molecule has 0 radical (unpaired) electrons. The number of fused-ring (bicyclic) bond motifs is 1. The third kappa shape index (κ3) is 5.13. The molecule has 2 aromatic heterocycles. The van der Waals surface area contributed by atoms with Crippen molar-refractivity contribution in [3.05, 3.63) is 59.5 Å². The van der Waals surface area contributed by atoms with Gasteiger partial charge in [0.2, 0.25) is 11.9 Å². The molecule has 1 aromatic carbocycles. The van der Waals surface area contributed by atoms with Crippen LogP contribution in [0.25, 0.3) is 11.1 Å². The minimum atomic E-state index is -1.84. The summed E-state index contributed by atoms with van der Waals surface area (Å²) < 4.78 is 30.4. The number of hydrogen-bond acceptors (Lipinski definition) is 6. The van der Waals surface area contributed by atoms with E-state index >= 15 is 4.48 Å². The van der Waals surface area contributed by atoms with Crippen molar-refractivity contribution >= 4 is 39.1 Å². The number of thiophene rings is 1. The molecule has 2 aliphatic rings. The lowest BCUT2D eigenvalue weighted by Crippen LogP contribution is -2.42. The molecule has 11 heteroatoms. The predicted octanol–water partition coefficient (Wildman–Crippen LogP) is 5.57. The molecular formula is C26H29F2N5O2S2. The Morgan fingerprint density at radius 1 is 1.14 bits per heavy atom. The maximum Gasteiger partial charge on any atom is 0.265 e. The van der Waals surface area contributed by atoms with Crippen molar-refractivity contribution in [3.63, 3.8) is 0 Å². The Morgan fingerprint density at radius 3 is 2.38 bits per heavy atom. The Balaban J connectivity index is 1.16. The molecule has 37 heavy (non-hydrogen) atoms. The highest BCUT2D eigenvalue weighted by Crippen LogP contribution is 2.82. The van der Waals surface area contributed by atoms with Crippen LogP contribution in [0, 0.1) is 11.9 Å². The lowest BCUT2D eigenvalue weighted by molar-refractivity contribution is -0.131. The van der Waals surface area contributed by atoms with Gasteiger partial charge < -0.3 is 10.2 Å². The standard InChI is InChI=1S/C26H29F2N5O2S2/c1-31(2)24(34)14-17-10-12-32(13-11-17)33(28)37(3)22-15-21(36-26(22)37)25(35)30-20-7-4-18(5-8-20)19-6-9-23(27)29-16-19/h4-9,15-17H,10-14H2,1-3H3,(H,30,35). The van der Waals surface area contributed by atoms with Crippen LogP contribution >= 0.6 is 21.6 Å². The van der Waals surface area contributed by atoms with Crippen molar-refractivity contribution in [2.45, 2.75) is 28.4 Å². The van der Waals surface area contributed by atoms with Crippen molar-refractivity contribution in [1.29, 1.82) is 0 Å². The number of carbonyl (C=O) groups excluding carboxylic acids is 2.